The fourth-order valence-corrected chi connectivity index (χ4v) is 1.69. The minimum atomic E-state index is -1.24. The maximum atomic E-state index is 13.6. The number of rotatable bonds is 3. The number of benzene rings is 2. The summed E-state index contributed by atoms with van der Waals surface area (Å²) in [6.07, 6.45) is 0. The highest BCUT2D eigenvalue weighted by Gasteiger charge is 2.17. The first-order valence-electron chi connectivity index (χ1n) is 5.49. The van der Waals surface area contributed by atoms with Gasteiger partial charge in [-0.3, -0.25) is 0 Å². The Morgan fingerprint density at radius 2 is 1.68 bits per heavy atom. The van der Waals surface area contributed by atoms with E-state index in [4.69, 9.17) is 16.3 Å². The molecule has 2 rings (SSSR count). The lowest BCUT2D eigenvalue weighted by Crippen LogP contribution is -1.98. The SMILES string of the molecule is Cc1c(F)cc(Oc2ccc(CCl)cc2)c(F)c1F. The first-order chi connectivity index (χ1) is 9.02. The van der Waals surface area contributed by atoms with E-state index in [2.05, 4.69) is 0 Å². The standard InChI is InChI=1S/C14H10ClF3O/c1-8-11(16)6-12(14(18)13(8)17)19-10-4-2-9(7-15)3-5-10/h2-6H,7H2,1H3. The van der Waals surface area contributed by atoms with Crippen LogP contribution in [0.2, 0.25) is 0 Å². The van der Waals surface area contributed by atoms with Gasteiger partial charge in [0.25, 0.3) is 0 Å². The molecule has 0 atom stereocenters. The summed E-state index contributed by atoms with van der Waals surface area (Å²) in [6, 6.07) is 7.28. The summed E-state index contributed by atoms with van der Waals surface area (Å²) in [5, 5.41) is 0. The summed E-state index contributed by atoms with van der Waals surface area (Å²) in [6.45, 7) is 1.16. The number of hydrogen-bond acceptors (Lipinski definition) is 1. The highest BCUT2D eigenvalue weighted by molar-refractivity contribution is 6.17. The largest absolute Gasteiger partial charge is 0.454 e. The second-order valence-electron chi connectivity index (χ2n) is 3.99. The Labute approximate surface area is 113 Å². The molecule has 1 nitrogen and oxygen atoms in total. The predicted molar refractivity (Wildman–Crippen MR) is 67.1 cm³/mol. The predicted octanol–water partition coefficient (Wildman–Crippen LogP) is 4.94. The molecule has 0 heterocycles. The van der Waals surface area contributed by atoms with Crippen molar-refractivity contribution in [3.8, 4) is 11.5 Å². The first-order valence-corrected chi connectivity index (χ1v) is 6.03. The fraction of sp³-hybridized carbons (Fsp3) is 0.143. The Bertz CT molecular complexity index is 597. The zero-order chi connectivity index (χ0) is 14.0. The molecule has 0 spiro atoms. The molecule has 0 aliphatic carbocycles. The van der Waals surface area contributed by atoms with E-state index in [0.717, 1.165) is 18.6 Å². The summed E-state index contributed by atoms with van der Waals surface area (Å²) in [5.41, 5.74) is 0.484. The Morgan fingerprint density at radius 1 is 1.05 bits per heavy atom. The third kappa shape index (κ3) is 2.84. The van der Waals surface area contributed by atoms with E-state index in [1.165, 1.54) is 0 Å². The minimum Gasteiger partial charge on any atom is -0.454 e. The molecule has 0 aromatic heterocycles. The molecule has 0 radical (unpaired) electrons. The van der Waals surface area contributed by atoms with E-state index in [-0.39, 0.29) is 11.3 Å². The maximum Gasteiger partial charge on any atom is 0.201 e. The molecule has 0 unspecified atom stereocenters. The quantitative estimate of drug-likeness (QED) is 0.573. The van der Waals surface area contributed by atoms with Crippen LogP contribution < -0.4 is 4.74 Å². The monoisotopic (exact) mass is 286 g/mol. The van der Waals surface area contributed by atoms with Gasteiger partial charge in [0.15, 0.2) is 11.6 Å². The summed E-state index contributed by atoms with van der Waals surface area (Å²) in [5.74, 6) is -3.18. The van der Waals surface area contributed by atoms with E-state index < -0.39 is 23.2 Å². The smallest absolute Gasteiger partial charge is 0.201 e. The van der Waals surface area contributed by atoms with Gasteiger partial charge < -0.3 is 4.74 Å². The van der Waals surface area contributed by atoms with Crippen molar-refractivity contribution in [3.63, 3.8) is 0 Å². The van der Waals surface area contributed by atoms with E-state index in [1.807, 2.05) is 0 Å². The summed E-state index contributed by atoms with van der Waals surface area (Å²) < 4.78 is 45.4. The van der Waals surface area contributed by atoms with Crippen molar-refractivity contribution in [1.82, 2.24) is 0 Å². The molecular weight excluding hydrogens is 277 g/mol. The van der Waals surface area contributed by atoms with Gasteiger partial charge >= 0.3 is 0 Å². The summed E-state index contributed by atoms with van der Waals surface area (Å²) in [4.78, 5) is 0. The Morgan fingerprint density at radius 3 is 2.26 bits per heavy atom. The van der Waals surface area contributed by atoms with Gasteiger partial charge in [0.2, 0.25) is 5.82 Å². The molecule has 0 fully saturated rings. The zero-order valence-corrected chi connectivity index (χ0v) is 10.8. The van der Waals surface area contributed by atoms with Crippen molar-refractivity contribution in [1.29, 1.82) is 0 Å². The molecule has 0 bridgehead atoms. The van der Waals surface area contributed by atoms with Gasteiger partial charge in [0, 0.05) is 17.5 Å². The molecule has 100 valence electrons. The van der Waals surface area contributed by atoms with Gasteiger partial charge in [-0.2, -0.15) is 4.39 Å². The molecule has 0 aliphatic heterocycles. The third-order valence-electron chi connectivity index (χ3n) is 2.66. The summed E-state index contributed by atoms with van der Waals surface area (Å²) in [7, 11) is 0. The molecule has 5 heteroatoms. The van der Waals surface area contributed by atoms with Crippen LogP contribution in [0, 0.1) is 24.4 Å². The lowest BCUT2D eigenvalue weighted by Gasteiger charge is -2.09. The third-order valence-corrected chi connectivity index (χ3v) is 2.97. The van der Waals surface area contributed by atoms with Crippen molar-refractivity contribution in [2.45, 2.75) is 12.8 Å². The van der Waals surface area contributed by atoms with Crippen molar-refractivity contribution in [2.24, 2.45) is 0 Å². The van der Waals surface area contributed by atoms with Crippen molar-refractivity contribution < 1.29 is 17.9 Å². The van der Waals surface area contributed by atoms with Crippen LogP contribution in [0.15, 0.2) is 30.3 Å². The molecule has 0 aliphatic rings. The highest BCUT2D eigenvalue weighted by atomic mass is 35.5. The van der Waals surface area contributed by atoms with Crippen molar-refractivity contribution in [2.75, 3.05) is 0 Å². The van der Waals surface area contributed by atoms with Crippen LogP contribution in [0.3, 0.4) is 0 Å². The van der Waals surface area contributed by atoms with Crippen LogP contribution in [0.25, 0.3) is 0 Å². The van der Waals surface area contributed by atoms with Crippen LogP contribution in [0.4, 0.5) is 13.2 Å². The normalized spacial score (nSPS) is 10.6. The van der Waals surface area contributed by atoms with Crippen LogP contribution in [-0.4, -0.2) is 0 Å². The number of alkyl halides is 1. The average molecular weight is 287 g/mol. The van der Waals surface area contributed by atoms with E-state index in [0.29, 0.717) is 5.88 Å². The molecule has 0 saturated carbocycles. The summed E-state index contributed by atoms with van der Waals surface area (Å²) >= 11 is 5.62. The highest BCUT2D eigenvalue weighted by Crippen LogP contribution is 2.29. The first kappa shape index (κ1) is 13.7. The van der Waals surface area contributed by atoms with Gasteiger partial charge in [-0.1, -0.05) is 12.1 Å². The fourth-order valence-electron chi connectivity index (χ4n) is 1.51. The topological polar surface area (TPSA) is 9.23 Å². The van der Waals surface area contributed by atoms with Gasteiger partial charge in [0.1, 0.15) is 11.6 Å². The molecule has 2 aromatic rings. The minimum absolute atomic E-state index is 0.274. The second-order valence-corrected chi connectivity index (χ2v) is 4.26. The van der Waals surface area contributed by atoms with Crippen LogP contribution >= 0.6 is 11.6 Å². The Hall–Kier alpha value is -1.68. The van der Waals surface area contributed by atoms with Crippen LogP contribution in [0.1, 0.15) is 11.1 Å². The van der Waals surface area contributed by atoms with E-state index in [9.17, 15) is 13.2 Å². The number of hydrogen-bond donors (Lipinski definition) is 0. The molecular formula is C14H10ClF3O. The van der Waals surface area contributed by atoms with Crippen molar-refractivity contribution in [3.05, 3.63) is 58.9 Å². The van der Waals surface area contributed by atoms with Crippen molar-refractivity contribution >= 4 is 11.6 Å². The van der Waals surface area contributed by atoms with Crippen LogP contribution in [0.5, 0.6) is 11.5 Å². The van der Waals surface area contributed by atoms with Gasteiger partial charge in [-0.25, -0.2) is 8.78 Å². The van der Waals surface area contributed by atoms with Gasteiger partial charge in [0.05, 0.1) is 0 Å². The number of ether oxygens (including phenoxy) is 1. The van der Waals surface area contributed by atoms with Gasteiger partial charge in [-0.05, 0) is 24.6 Å². The second kappa shape index (κ2) is 5.53. The van der Waals surface area contributed by atoms with Crippen LogP contribution in [-0.2, 0) is 5.88 Å². The zero-order valence-electron chi connectivity index (χ0n) is 10.0. The van der Waals surface area contributed by atoms with E-state index in [1.54, 1.807) is 24.3 Å². The number of halogens is 4. The Balaban J connectivity index is 2.32. The molecule has 0 amide bonds. The lowest BCUT2D eigenvalue weighted by molar-refractivity contribution is 0.404. The molecule has 2 aromatic carbocycles. The van der Waals surface area contributed by atoms with E-state index >= 15 is 0 Å². The lowest BCUT2D eigenvalue weighted by atomic mass is 10.2. The van der Waals surface area contributed by atoms with Gasteiger partial charge in [-0.15, -0.1) is 11.6 Å². The molecule has 19 heavy (non-hydrogen) atoms. The average Bonchev–Trinajstić information content (AvgIpc) is 2.43. The Kier molecular flexibility index (Phi) is 4.00. The molecule has 0 N–H and O–H groups in total. The molecule has 0 saturated heterocycles. The maximum absolute atomic E-state index is 13.6.